The van der Waals surface area contributed by atoms with E-state index >= 15 is 0 Å². The highest BCUT2D eigenvalue weighted by Gasteiger charge is 2.31. The fourth-order valence-electron chi connectivity index (χ4n) is 3.91. The van der Waals surface area contributed by atoms with Crippen molar-refractivity contribution in [2.75, 3.05) is 7.11 Å². The Morgan fingerprint density at radius 1 is 1.02 bits per heavy atom. The van der Waals surface area contributed by atoms with E-state index < -0.39 is 37.5 Å². The molecule has 5 aromatic rings. The normalized spacial score (nSPS) is 12.2. The third-order valence-corrected chi connectivity index (χ3v) is 6.15. The van der Waals surface area contributed by atoms with Gasteiger partial charge in [0.15, 0.2) is 0 Å². The number of methoxy groups -OCH3 is 1. The van der Waals surface area contributed by atoms with Crippen molar-refractivity contribution >= 4 is 29.8 Å². The molecule has 0 atom stereocenters. The zero-order valence-electron chi connectivity index (χ0n) is 20.1. The summed E-state index contributed by atoms with van der Waals surface area (Å²) in [7, 11) is -3.76. The topological polar surface area (TPSA) is 172 Å². The van der Waals surface area contributed by atoms with Crippen molar-refractivity contribution in [1.82, 2.24) is 29.1 Å². The van der Waals surface area contributed by atoms with Gasteiger partial charge in [-0.1, -0.05) is 6.07 Å². The van der Waals surface area contributed by atoms with E-state index in [1.165, 1.54) is 31.6 Å². The number of aromatic nitrogens is 6. The molecule has 0 unspecified atom stereocenters. The van der Waals surface area contributed by atoms with E-state index in [1.807, 2.05) is 0 Å². The SMILES string of the molecule is COc1ncc(-c2ccc3ncc4c(=O)n(COP(=O)(O)O)c(=O)n(-c5cccc(C(F)(F)F)c5)c4c3n2)cn1. The summed E-state index contributed by atoms with van der Waals surface area (Å²) in [4.78, 5) is 61.8. The second-order valence-electron chi connectivity index (χ2n) is 8.19. The Labute approximate surface area is 220 Å². The number of fused-ring (bicyclic) bond motifs is 3. The van der Waals surface area contributed by atoms with Gasteiger partial charge in [0.2, 0.25) is 0 Å². The Bertz CT molecular complexity index is 1940. The van der Waals surface area contributed by atoms with Crippen molar-refractivity contribution in [3.05, 3.63) is 81.4 Å². The molecule has 0 amide bonds. The van der Waals surface area contributed by atoms with Crippen LogP contribution >= 0.6 is 7.82 Å². The summed E-state index contributed by atoms with van der Waals surface area (Å²) in [6, 6.07) is 6.92. The molecule has 0 spiro atoms. The first-order chi connectivity index (χ1) is 18.9. The first kappa shape index (κ1) is 27.1. The molecule has 0 saturated carbocycles. The molecule has 2 N–H and O–H groups in total. The summed E-state index contributed by atoms with van der Waals surface area (Å²) < 4.78 is 62.3. The average molecular weight is 576 g/mol. The van der Waals surface area contributed by atoms with Crippen LogP contribution in [0.4, 0.5) is 13.2 Å². The molecule has 206 valence electrons. The molecular weight excluding hydrogens is 560 g/mol. The number of phosphoric ester groups is 1. The molecule has 4 aromatic heterocycles. The second-order valence-corrected chi connectivity index (χ2v) is 9.43. The van der Waals surface area contributed by atoms with E-state index in [0.717, 1.165) is 22.9 Å². The van der Waals surface area contributed by atoms with Crippen molar-refractivity contribution in [1.29, 1.82) is 0 Å². The first-order valence-electron chi connectivity index (χ1n) is 11.1. The lowest BCUT2D eigenvalue weighted by atomic mass is 10.1. The molecule has 4 heterocycles. The predicted octanol–water partition coefficient (Wildman–Crippen LogP) is 2.65. The van der Waals surface area contributed by atoms with Crippen LogP contribution in [0.2, 0.25) is 0 Å². The summed E-state index contributed by atoms with van der Waals surface area (Å²) in [5.41, 5.74) is -3.03. The van der Waals surface area contributed by atoms with Crippen LogP contribution < -0.4 is 16.0 Å². The first-order valence-corrected chi connectivity index (χ1v) is 12.6. The van der Waals surface area contributed by atoms with E-state index in [4.69, 9.17) is 14.5 Å². The Balaban J connectivity index is 1.87. The van der Waals surface area contributed by atoms with E-state index in [9.17, 15) is 27.3 Å². The zero-order valence-corrected chi connectivity index (χ0v) is 21.0. The van der Waals surface area contributed by atoms with E-state index in [-0.39, 0.29) is 39.3 Å². The van der Waals surface area contributed by atoms with E-state index in [0.29, 0.717) is 16.2 Å². The van der Waals surface area contributed by atoms with Gasteiger partial charge in [-0.3, -0.25) is 18.9 Å². The van der Waals surface area contributed by atoms with Crippen LogP contribution in [0.1, 0.15) is 5.56 Å². The summed E-state index contributed by atoms with van der Waals surface area (Å²) in [5, 5.41) is -0.283. The minimum atomic E-state index is -5.14. The predicted molar refractivity (Wildman–Crippen MR) is 133 cm³/mol. The van der Waals surface area contributed by atoms with Crippen LogP contribution in [0, 0.1) is 0 Å². The van der Waals surface area contributed by atoms with Crippen molar-refractivity contribution in [2.24, 2.45) is 0 Å². The number of benzene rings is 1. The molecule has 17 heteroatoms. The highest BCUT2D eigenvalue weighted by Crippen LogP contribution is 2.36. The minimum Gasteiger partial charge on any atom is -0.467 e. The Hall–Kier alpha value is -4.50. The Kier molecular flexibility index (Phi) is 6.71. The van der Waals surface area contributed by atoms with Crippen molar-refractivity contribution < 1.29 is 36.8 Å². The fraction of sp³-hybridized carbons (Fsp3) is 0.130. The largest absolute Gasteiger partial charge is 0.471 e. The van der Waals surface area contributed by atoms with Crippen LogP contribution in [0.3, 0.4) is 0 Å². The number of nitrogens with zero attached hydrogens (tertiary/aromatic N) is 6. The third-order valence-electron chi connectivity index (χ3n) is 5.70. The molecule has 13 nitrogen and oxygen atoms in total. The molecular formula is C23H16F3N6O7P. The summed E-state index contributed by atoms with van der Waals surface area (Å²) in [5.74, 6) is 0. The van der Waals surface area contributed by atoms with Gasteiger partial charge in [0.1, 0.15) is 12.2 Å². The zero-order chi connectivity index (χ0) is 28.8. The molecule has 0 radical (unpaired) electrons. The number of ether oxygens (including phenoxy) is 1. The van der Waals surface area contributed by atoms with Gasteiger partial charge in [-0.2, -0.15) is 13.2 Å². The lowest BCUT2D eigenvalue weighted by Crippen LogP contribution is -2.40. The Morgan fingerprint density at radius 2 is 1.75 bits per heavy atom. The lowest BCUT2D eigenvalue weighted by Gasteiger charge is -2.17. The number of rotatable bonds is 6. The van der Waals surface area contributed by atoms with E-state index in [2.05, 4.69) is 24.5 Å². The van der Waals surface area contributed by atoms with Crippen molar-refractivity contribution in [3.63, 3.8) is 0 Å². The van der Waals surface area contributed by atoms with Gasteiger partial charge in [0.05, 0.1) is 40.5 Å². The number of phosphoric acid groups is 1. The van der Waals surface area contributed by atoms with Gasteiger partial charge in [-0.25, -0.2) is 28.9 Å². The third kappa shape index (κ3) is 5.08. The molecule has 5 rings (SSSR count). The average Bonchev–Trinajstić information content (AvgIpc) is 2.92. The van der Waals surface area contributed by atoms with Gasteiger partial charge in [-0.05, 0) is 30.3 Å². The van der Waals surface area contributed by atoms with Crippen molar-refractivity contribution in [3.8, 4) is 23.0 Å². The van der Waals surface area contributed by atoms with Gasteiger partial charge in [0, 0.05) is 24.2 Å². The summed E-state index contributed by atoms with van der Waals surface area (Å²) >= 11 is 0. The standard InChI is InChI=1S/C23H16F3N6O7P/c1-38-21-28-8-12(9-29-21)16-5-6-17-18(30-16)19-15(10-27-17)20(33)31(11-39-40(35,36)37)22(34)32(19)14-4-2-3-13(7-14)23(24,25)26/h2-10H,11H2,1H3,(H2,35,36,37). The number of alkyl halides is 3. The van der Waals surface area contributed by atoms with Gasteiger partial charge < -0.3 is 14.5 Å². The number of hydrogen-bond acceptors (Lipinski definition) is 9. The minimum absolute atomic E-state index is 0.0273. The Morgan fingerprint density at radius 3 is 2.40 bits per heavy atom. The maximum Gasteiger partial charge on any atom is 0.471 e. The molecule has 40 heavy (non-hydrogen) atoms. The van der Waals surface area contributed by atoms with Gasteiger partial charge in [0.25, 0.3) is 5.56 Å². The summed E-state index contributed by atoms with van der Waals surface area (Å²) in [6.07, 6.45) is -0.873. The lowest BCUT2D eigenvalue weighted by molar-refractivity contribution is -0.137. The second kappa shape index (κ2) is 9.91. The van der Waals surface area contributed by atoms with Crippen LogP contribution in [0.15, 0.2) is 64.6 Å². The maximum atomic E-state index is 13.6. The highest BCUT2D eigenvalue weighted by atomic mass is 31.2. The quantitative estimate of drug-likeness (QED) is 0.225. The maximum absolute atomic E-state index is 13.6. The number of pyridine rings is 2. The number of halogens is 3. The van der Waals surface area contributed by atoms with Crippen LogP contribution in [-0.4, -0.2) is 46.0 Å². The molecule has 0 aliphatic carbocycles. The molecule has 0 saturated heterocycles. The van der Waals surface area contributed by atoms with Crippen LogP contribution in [-0.2, 0) is 22.0 Å². The smallest absolute Gasteiger partial charge is 0.467 e. The molecule has 0 aliphatic heterocycles. The molecule has 0 fully saturated rings. The van der Waals surface area contributed by atoms with Gasteiger partial charge >= 0.3 is 25.7 Å². The fourth-order valence-corrected chi connectivity index (χ4v) is 4.17. The van der Waals surface area contributed by atoms with E-state index in [1.54, 1.807) is 6.07 Å². The summed E-state index contributed by atoms with van der Waals surface area (Å²) in [6.45, 7) is -1.19. The number of hydrogen-bond donors (Lipinski definition) is 2. The molecule has 0 aliphatic rings. The monoisotopic (exact) mass is 576 g/mol. The van der Waals surface area contributed by atoms with Gasteiger partial charge in [-0.15, -0.1) is 0 Å². The van der Waals surface area contributed by atoms with Crippen molar-refractivity contribution in [2.45, 2.75) is 12.9 Å². The highest BCUT2D eigenvalue weighted by molar-refractivity contribution is 7.46. The van der Waals surface area contributed by atoms with Crippen LogP contribution in [0.25, 0.3) is 38.9 Å². The van der Waals surface area contributed by atoms with Crippen LogP contribution in [0.5, 0.6) is 6.01 Å². The molecule has 0 bridgehead atoms. The molecule has 1 aromatic carbocycles.